The van der Waals surface area contributed by atoms with Gasteiger partial charge in [-0.25, -0.2) is 9.67 Å². The van der Waals surface area contributed by atoms with Crippen LogP contribution in [-0.2, 0) is 16.1 Å². The van der Waals surface area contributed by atoms with E-state index in [0.717, 1.165) is 34.9 Å². The van der Waals surface area contributed by atoms with Crippen molar-refractivity contribution < 1.29 is 9.59 Å². The van der Waals surface area contributed by atoms with E-state index in [1.807, 2.05) is 35.1 Å². The number of carbonyl (C=O) groups is 2. The molecule has 0 unspecified atom stereocenters. The first-order valence-electron chi connectivity index (χ1n) is 10.6. The summed E-state index contributed by atoms with van der Waals surface area (Å²) in [6.45, 7) is 1.90. The second kappa shape index (κ2) is 9.10. The molecule has 4 aromatic rings. The number of likely N-dealkylation sites (tertiary alicyclic amines) is 1. The minimum atomic E-state index is -0.673. The lowest BCUT2D eigenvalue weighted by Crippen LogP contribution is -2.44. The van der Waals surface area contributed by atoms with Gasteiger partial charge in [-0.1, -0.05) is 12.1 Å². The quantitative estimate of drug-likeness (QED) is 0.424. The van der Waals surface area contributed by atoms with Crippen molar-refractivity contribution in [2.75, 3.05) is 18.4 Å². The number of carbonyl (C=O) groups excluding carboxylic acids is 2. The van der Waals surface area contributed by atoms with Gasteiger partial charge in [-0.3, -0.25) is 19.3 Å². The number of hydrogen-bond acceptors (Lipinski definition) is 6. The third-order valence-corrected chi connectivity index (χ3v) is 6.06. The summed E-state index contributed by atoms with van der Waals surface area (Å²) < 4.78 is 4.36. The Bertz CT molecular complexity index is 1310. The Balaban J connectivity index is 1.17. The largest absolute Gasteiger partial charge is 0.334 e. The van der Waals surface area contributed by atoms with Crippen molar-refractivity contribution in [3.05, 3.63) is 59.7 Å². The van der Waals surface area contributed by atoms with Gasteiger partial charge in [0.25, 0.3) is 0 Å². The van der Waals surface area contributed by atoms with E-state index < -0.39 is 11.8 Å². The van der Waals surface area contributed by atoms with Gasteiger partial charge in [0.1, 0.15) is 0 Å². The highest BCUT2D eigenvalue weighted by Gasteiger charge is 2.27. The van der Waals surface area contributed by atoms with Gasteiger partial charge in [-0.15, -0.1) is 0 Å². The van der Waals surface area contributed by atoms with E-state index >= 15 is 0 Å². The molecule has 0 spiro atoms. The molecule has 1 aliphatic rings. The maximum absolute atomic E-state index is 12.6. The molecular weight excluding hydrogens is 488 g/mol. The first-order chi connectivity index (χ1) is 16.0. The van der Waals surface area contributed by atoms with Crippen LogP contribution >= 0.6 is 15.9 Å². The van der Waals surface area contributed by atoms with Crippen molar-refractivity contribution >= 4 is 44.5 Å². The summed E-state index contributed by atoms with van der Waals surface area (Å²) in [7, 11) is 0. The normalized spacial score (nSPS) is 14.5. The number of nitrogens with zero attached hydrogens (tertiary/aromatic N) is 7. The van der Waals surface area contributed by atoms with Gasteiger partial charge < -0.3 is 10.2 Å². The van der Waals surface area contributed by atoms with Crippen molar-refractivity contribution in [3.63, 3.8) is 0 Å². The summed E-state index contributed by atoms with van der Waals surface area (Å²) in [6.07, 6.45) is 10.1. The molecule has 168 valence electrons. The Kier molecular flexibility index (Phi) is 5.86. The van der Waals surface area contributed by atoms with E-state index in [1.165, 1.54) is 10.9 Å². The number of amides is 2. The Morgan fingerprint density at radius 3 is 2.58 bits per heavy atom. The van der Waals surface area contributed by atoms with E-state index in [0.29, 0.717) is 30.5 Å². The first kappa shape index (κ1) is 21.3. The fourth-order valence-electron chi connectivity index (χ4n) is 3.92. The third-order valence-electron chi connectivity index (χ3n) is 5.65. The molecule has 0 bridgehead atoms. The van der Waals surface area contributed by atoms with E-state index in [9.17, 15) is 9.59 Å². The topological polar surface area (TPSA) is 111 Å². The van der Waals surface area contributed by atoms with Crippen molar-refractivity contribution in [1.82, 2.24) is 34.4 Å². The third kappa shape index (κ3) is 4.77. The second-order valence-electron chi connectivity index (χ2n) is 7.96. The molecule has 0 atom stereocenters. The van der Waals surface area contributed by atoms with Crippen LogP contribution in [0.1, 0.15) is 12.8 Å². The molecule has 1 aliphatic heterocycles. The molecule has 1 aromatic carbocycles. The standard InChI is InChI=1S/C22H21BrN8O2/c23-16-9-25-30(13-16)12-15-5-7-29(8-6-15)22(33)21(32)27-17-10-26-31(14-17)20-11-24-18-3-1-2-4-19(18)28-20/h1-4,9-11,13-15H,5-8,12H2,(H,27,32). The Morgan fingerprint density at radius 2 is 1.82 bits per heavy atom. The number of para-hydroxylation sites is 2. The summed E-state index contributed by atoms with van der Waals surface area (Å²) in [5, 5.41) is 11.2. The monoisotopic (exact) mass is 508 g/mol. The molecule has 4 heterocycles. The molecule has 0 saturated carbocycles. The van der Waals surface area contributed by atoms with Gasteiger partial charge in [0, 0.05) is 25.8 Å². The van der Waals surface area contributed by atoms with Crippen LogP contribution in [0.5, 0.6) is 0 Å². The molecule has 1 fully saturated rings. The summed E-state index contributed by atoms with van der Waals surface area (Å²) in [5.41, 5.74) is 1.95. The molecule has 10 nitrogen and oxygen atoms in total. The van der Waals surface area contributed by atoms with Crippen LogP contribution in [0.4, 0.5) is 5.69 Å². The molecule has 1 saturated heterocycles. The molecular formula is C22H21BrN8O2. The molecule has 5 rings (SSSR count). The molecule has 11 heteroatoms. The molecule has 3 aromatic heterocycles. The zero-order valence-corrected chi connectivity index (χ0v) is 19.2. The Morgan fingerprint density at radius 1 is 1.03 bits per heavy atom. The predicted molar refractivity (Wildman–Crippen MR) is 125 cm³/mol. The van der Waals surface area contributed by atoms with Crippen LogP contribution in [0, 0.1) is 5.92 Å². The van der Waals surface area contributed by atoms with Crippen molar-refractivity contribution in [1.29, 1.82) is 0 Å². The predicted octanol–water partition coefficient (Wildman–Crippen LogP) is 2.65. The van der Waals surface area contributed by atoms with E-state index in [4.69, 9.17) is 0 Å². The van der Waals surface area contributed by atoms with Crippen LogP contribution in [0.25, 0.3) is 16.9 Å². The van der Waals surface area contributed by atoms with E-state index in [2.05, 4.69) is 41.4 Å². The lowest BCUT2D eigenvalue weighted by atomic mass is 9.97. The van der Waals surface area contributed by atoms with Gasteiger partial charge >= 0.3 is 11.8 Å². The highest BCUT2D eigenvalue weighted by atomic mass is 79.9. The number of fused-ring (bicyclic) bond motifs is 1. The lowest BCUT2D eigenvalue weighted by Gasteiger charge is -2.31. The Hall–Kier alpha value is -3.60. The van der Waals surface area contributed by atoms with Crippen LogP contribution in [-0.4, -0.2) is 59.3 Å². The van der Waals surface area contributed by atoms with E-state index in [1.54, 1.807) is 23.5 Å². The minimum absolute atomic E-state index is 0.419. The zero-order valence-electron chi connectivity index (χ0n) is 17.6. The maximum atomic E-state index is 12.6. The molecule has 0 radical (unpaired) electrons. The number of aromatic nitrogens is 6. The first-order valence-corrected chi connectivity index (χ1v) is 11.4. The highest BCUT2D eigenvalue weighted by Crippen LogP contribution is 2.20. The van der Waals surface area contributed by atoms with Crippen molar-refractivity contribution in [2.24, 2.45) is 5.92 Å². The average Bonchev–Trinajstić information content (AvgIpc) is 3.47. The fraction of sp³-hybridized carbons (Fsp3) is 0.273. The van der Waals surface area contributed by atoms with Crippen molar-refractivity contribution in [3.8, 4) is 5.82 Å². The van der Waals surface area contributed by atoms with Gasteiger partial charge in [0.05, 0.1) is 46.0 Å². The number of rotatable bonds is 4. The summed E-state index contributed by atoms with van der Waals surface area (Å²) in [6, 6.07) is 7.54. The second-order valence-corrected chi connectivity index (χ2v) is 8.88. The van der Waals surface area contributed by atoms with Crippen LogP contribution < -0.4 is 5.32 Å². The highest BCUT2D eigenvalue weighted by molar-refractivity contribution is 9.10. The lowest BCUT2D eigenvalue weighted by molar-refractivity contribution is -0.144. The van der Waals surface area contributed by atoms with Crippen LogP contribution in [0.3, 0.4) is 0 Å². The maximum Gasteiger partial charge on any atom is 0.313 e. The average molecular weight is 509 g/mol. The Labute approximate surface area is 197 Å². The van der Waals surface area contributed by atoms with Gasteiger partial charge in [0.15, 0.2) is 5.82 Å². The number of hydrogen-bond donors (Lipinski definition) is 1. The number of nitrogens with one attached hydrogen (secondary N) is 1. The van der Waals surface area contributed by atoms with Crippen LogP contribution in [0.15, 0.2) is 59.7 Å². The SMILES string of the molecule is O=C(Nc1cnn(-c2cnc3ccccc3n2)c1)C(=O)N1CCC(Cn2cc(Br)cn2)CC1. The molecule has 2 amide bonds. The number of benzene rings is 1. The fourth-order valence-corrected chi connectivity index (χ4v) is 4.25. The van der Waals surface area contributed by atoms with E-state index in [-0.39, 0.29) is 0 Å². The van der Waals surface area contributed by atoms with Crippen molar-refractivity contribution in [2.45, 2.75) is 19.4 Å². The smallest absolute Gasteiger partial charge is 0.313 e. The summed E-state index contributed by atoms with van der Waals surface area (Å²) in [5.74, 6) is -0.265. The number of halogens is 1. The molecule has 1 N–H and O–H groups in total. The van der Waals surface area contributed by atoms with Gasteiger partial charge in [0.2, 0.25) is 0 Å². The number of anilines is 1. The van der Waals surface area contributed by atoms with Gasteiger partial charge in [-0.05, 0) is 46.8 Å². The van der Waals surface area contributed by atoms with Gasteiger partial charge in [-0.2, -0.15) is 10.2 Å². The zero-order chi connectivity index (χ0) is 22.8. The summed E-state index contributed by atoms with van der Waals surface area (Å²) >= 11 is 3.40. The molecule has 0 aliphatic carbocycles. The minimum Gasteiger partial charge on any atom is -0.334 e. The summed E-state index contributed by atoms with van der Waals surface area (Å²) in [4.78, 5) is 35.7. The number of piperidine rings is 1. The molecule has 33 heavy (non-hydrogen) atoms. The van der Waals surface area contributed by atoms with Crippen LogP contribution in [0.2, 0.25) is 0 Å².